The van der Waals surface area contributed by atoms with Gasteiger partial charge in [-0.15, -0.1) is 0 Å². The van der Waals surface area contributed by atoms with Gasteiger partial charge in [-0.2, -0.15) is 5.10 Å². The molecule has 0 aliphatic rings. The van der Waals surface area contributed by atoms with Gasteiger partial charge >= 0.3 is 0 Å². The maximum absolute atomic E-state index is 14.0. The highest BCUT2D eigenvalue weighted by Gasteiger charge is 2.20. The van der Waals surface area contributed by atoms with Crippen molar-refractivity contribution in [3.8, 4) is 5.75 Å². The first-order valence-electron chi connectivity index (χ1n) is 10.5. The van der Waals surface area contributed by atoms with E-state index in [9.17, 15) is 17.9 Å². The number of halogens is 3. The third kappa shape index (κ3) is 6.03. The van der Waals surface area contributed by atoms with Crippen molar-refractivity contribution in [2.75, 3.05) is 24.4 Å². The summed E-state index contributed by atoms with van der Waals surface area (Å²) in [5.41, 5.74) is 1.15. The molecule has 0 fully saturated rings. The first-order valence-corrected chi connectivity index (χ1v) is 12.7. The lowest BCUT2D eigenvalue weighted by molar-refractivity contribution is 0.172. The van der Waals surface area contributed by atoms with Gasteiger partial charge in [0.15, 0.2) is 0 Å². The van der Waals surface area contributed by atoms with Crippen molar-refractivity contribution < 1.29 is 22.7 Å². The molecule has 1 unspecified atom stereocenters. The summed E-state index contributed by atoms with van der Waals surface area (Å²) < 4.78 is 47.1. The highest BCUT2D eigenvalue weighted by molar-refractivity contribution is 7.92. The molecule has 1 aromatic heterocycles. The zero-order chi connectivity index (χ0) is 25.0. The van der Waals surface area contributed by atoms with Gasteiger partial charge in [0.1, 0.15) is 28.2 Å². The third-order valence-corrected chi connectivity index (χ3v) is 7.13. The van der Waals surface area contributed by atoms with Crippen LogP contribution in [-0.4, -0.2) is 43.4 Å². The highest BCUT2D eigenvalue weighted by Crippen LogP contribution is 2.29. The number of nitrogens with one attached hydrogen (secondary N) is 3. The molecule has 35 heavy (non-hydrogen) atoms. The summed E-state index contributed by atoms with van der Waals surface area (Å²) in [6.45, 7) is 0.958. The molecule has 0 spiro atoms. The van der Waals surface area contributed by atoms with Gasteiger partial charge in [-0.3, -0.25) is 9.82 Å². The van der Waals surface area contributed by atoms with Crippen LogP contribution in [0, 0.1) is 5.82 Å². The molecule has 184 valence electrons. The number of aromatic nitrogens is 2. The Bertz CT molecular complexity index is 1450. The standard InChI is InChI=1S/C23H21Cl2FN4O4S/c24-17-8-5-14(11-20(17)30-35(32,33)22-4-2-1-3-18(22)26)21(31)13-27-9-10-34-15-6-7-16-19(12-15)28-29-23(16)25/h1-8,11-12,21,27,30-31H,9-10,13H2,(H,28,29). The van der Waals surface area contributed by atoms with Crippen LogP contribution in [-0.2, 0) is 10.0 Å². The molecule has 0 saturated heterocycles. The average Bonchev–Trinajstić information content (AvgIpc) is 3.20. The second-order valence-electron chi connectivity index (χ2n) is 7.56. The Kier molecular flexibility index (Phi) is 7.78. The van der Waals surface area contributed by atoms with E-state index >= 15 is 0 Å². The third-order valence-electron chi connectivity index (χ3n) is 5.11. The minimum atomic E-state index is -4.21. The van der Waals surface area contributed by atoms with E-state index in [0.29, 0.717) is 35.1 Å². The minimum absolute atomic E-state index is 0.0312. The van der Waals surface area contributed by atoms with Gasteiger partial charge < -0.3 is 15.2 Å². The summed E-state index contributed by atoms with van der Waals surface area (Å²) in [7, 11) is -4.21. The predicted octanol–water partition coefficient (Wildman–Crippen LogP) is 4.51. The highest BCUT2D eigenvalue weighted by atomic mass is 35.5. The van der Waals surface area contributed by atoms with Crippen LogP contribution in [0.5, 0.6) is 5.75 Å². The van der Waals surface area contributed by atoms with E-state index in [-0.39, 0.29) is 17.3 Å². The van der Waals surface area contributed by atoms with E-state index < -0.39 is 26.8 Å². The minimum Gasteiger partial charge on any atom is -0.492 e. The summed E-state index contributed by atoms with van der Waals surface area (Å²) in [5.74, 6) is -0.251. The van der Waals surface area contributed by atoms with E-state index in [1.807, 2.05) is 6.07 Å². The number of benzene rings is 3. The summed E-state index contributed by atoms with van der Waals surface area (Å²) in [6.07, 6.45) is -0.952. The Morgan fingerprint density at radius 2 is 1.91 bits per heavy atom. The van der Waals surface area contributed by atoms with Gasteiger partial charge in [0, 0.05) is 24.5 Å². The summed E-state index contributed by atoms with van der Waals surface area (Å²) >= 11 is 12.1. The molecule has 12 heteroatoms. The Morgan fingerprint density at radius 1 is 1.11 bits per heavy atom. The van der Waals surface area contributed by atoms with Crippen molar-refractivity contribution in [2.24, 2.45) is 0 Å². The fourth-order valence-corrected chi connectivity index (χ4v) is 4.91. The summed E-state index contributed by atoms with van der Waals surface area (Å²) in [5, 5.41) is 21.8. The predicted molar refractivity (Wildman–Crippen MR) is 133 cm³/mol. The summed E-state index contributed by atoms with van der Waals surface area (Å²) in [4.78, 5) is -0.502. The molecule has 0 saturated carbocycles. The lowest BCUT2D eigenvalue weighted by Gasteiger charge is -2.16. The van der Waals surface area contributed by atoms with Crippen LogP contribution in [0.1, 0.15) is 11.7 Å². The van der Waals surface area contributed by atoms with Crippen molar-refractivity contribution in [3.63, 3.8) is 0 Å². The molecule has 0 radical (unpaired) electrons. The van der Waals surface area contributed by atoms with Crippen LogP contribution in [0.15, 0.2) is 65.6 Å². The first kappa shape index (κ1) is 25.2. The quantitative estimate of drug-likeness (QED) is 0.221. The molecule has 4 rings (SSSR count). The van der Waals surface area contributed by atoms with Crippen LogP contribution >= 0.6 is 23.2 Å². The van der Waals surface area contributed by atoms with E-state index in [1.54, 1.807) is 18.2 Å². The number of aromatic amines is 1. The van der Waals surface area contributed by atoms with Crippen molar-refractivity contribution >= 4 is 49.8 Å². The zero-order valence-corrected chi connectivity index (χ0v) is 20.5. The molecule has 8 nitrogen and oxygen atoms in total. The van der Waals surface area contributed by atoms with E-state index in [0.717, 1.165) is 17.5 Å². The Morgan fingerprint density at radius 3 is 2.71 bits per heavy atom. The number of aliphatic hydroxyl groups is 1. The number of aliphatic hydroxyl groups excluding tert-OH is 1. The van der Waals surface area contributed by atoms with Crippen molar-refractivity contribution in [1.82, 2.24) is 15.5 Å². The number of nitrogens with zero attached hydrogens (tertiary/aromatic N) is 1. The maximum atomic E-state index is 14.0. The van der Waals surface area contributed by atoms with Crippen LogP contribution in [0.25, 0.3) is 10.9 Å². The second kappa shape index (κ2) is 10.8. The number of ether oxygens (including phenoxy) is 1. The smallest absolute Gasteiger partial charge is 0.264 e. The van der Waals surface area contributed by atoms with Crippen molar-refractivity contribution in [2.45, 2.75) is 11.0 Å². The van der Waals surface area contributed by atoms with Gasteiger partial charge in [0.05, 0.1) is 22.3 Å². The summed E-state index contributed by atoms with van der Waals surface area (Å²) in [6, 6.07) is 14.8. The number of sulfonamides is 1. The normalized spacial score (nSPS) is 12.6. The van der Waals surface area contributed by atoms with Gasteiger partial charge in [-0.05, 0) is 42.0 Å². The Hall–Kier alpha value is -2.89. The maximum Gasteiger partial charge on any atom is 0.264 e. The molecule has 1 heterocycles. The fraction of sp³-hybridized carbons (Fsp3) is 0.174. The van der Waals surface area contributed by atoms with Crippen LogP contribution in [0.2, 0.25) is 10.2 Å². The fourth-order valence-electron chi connectivity index (χ4n) is 3.34. The lowest BCUT2D eigenvalue weighted by Crippen LogP contribution is -2.26. The molecule has 4 aromatic rings. The van der Waals surface area contributed by atoms with Crippen molar-refractivity contribution in [1.29, 1.82) is 0 Å². The number of anilines is 1. The zero-order valence-electron chi connectivity index (χ0n) is 18.1. The van der Waals surface area contributed by atoms with Gasteiger partial charge in [-0.25, -0.2) is 12.8 Å². The average molecular weight is 539 g/mol. The molecular formula is C23H21Cl2FN4O4S. The Labute approximate surface area is 211 Å². The van der Waals surface area contributed by atoms with Crippen LogP contribution < -0.4 is 14.8 Å². The van der Waals surface area contributed by atoms with Crippen LogP contribution in [0.3, 0.4) is 0 Å². The first-order chi connectivity index (χ1) is 16.7. The van der Waals surface area contributed by atoms with E-state index in [2.05, 4.69) is 20.2 Å². The molecule has 0 aliphatic heterocycles. The lowest BCUT2D eigenvalue weighted by atomic mass is 10.1. The Balaban J connectivity index is 1.31. The van der Waals surface area contributed by atoms with Crippen LogP contribution in [0.4, 0.5) is 10.1 Å². The van der Waals surface area contributed by atoms with Gasteiger partial charge in [-0.1, -0.05) is 41.4 Å². The van der Waals surface area contributed by atoms with E-state index in [4.69, 9.17) is 27.9 Å². The number of fused-ring (bicyclic) bond motifs is 1. The molecular weight excluding hydrogens is 518 g/mol. The van der Waals surface area contributed by atoms with Gasteiger partial charge in [0.2, 0.25) is 0 Å². The van der Waals surface area contributed by atoms with Crippen molar-refractivity contribution in [3.05, 3.63) is 82.2 Å². The molecule has 0 bridgehead atoms. The largest absolute Gasteiger partial charge is 0.492 e. The molecule has 0 amide bonds. The molecule has 1 atom stereocenters. The molecule has 3 aromatic carbocycles. The number of rotatable bonds is 10. The topological polar surface area (TPSA) is 116 Å². The SMILES string of the molecule is O=S(=O)(Nc1cc(C(O)CNCCOc2ccc3c(Cl)[nH]nc3c2)ccc1Cl)c1ccccc1F. The molecule has 0 aliphatic carbocycles. The number of hydrogen-bond acceptors (Lipinski definition) is 6. The molecule has 4 N–H and O–H groups in total. The number of hydrogen-bond donors (Lipinski definition) is 4. The monoisotopic (exact) mass is 538 g/mol. The second-order valence-corrected chi connectivity index (χ2v) is 10.00. The van der Waals surface area contributed by atoms with Gasteiger partial charge in [0.25, 0.3) is 10.0 Å². The van der Waals surface area contributed by atoms with E-state index in [1.165, 1.54) is 24.3 Å². The number of H-pyrrole nitrogens is 1.